The van der Waals surface area contributed by atoms with E-state index in [1.807, 2.05) is 6.92 Å². The van der Waals surface area contributed by atoms with Crippen LogP contribution in [-0.4, -0.2) is 21.2 Å². The fourth-order valence-corrected chi connectivity index (χ4v) is 2.80. The van der Waals surface area contributed by atoms with Gasteiger partial charge in [0.25, 0.3) is 0 Å². The first-order valence-electron chi connectivity index (χ1n) is 5.51. The van der Waals surface area contributed by atoms with Crippen LogP contribution in [0.1, 0.15) is 29.5 Å². The Morgan fingerprint density at radius 2 is 2.12 bits per heavy atom. The Bertz CT molecular complexity index is 507. The van der Waals surface area contributed by atoms with Crippen molar-refractivity contribution in [3.63, 3.8) is 0 Å². The maximum atomic E-state index is 9.71. The molecule has 0 bridgehead atoms. The largest absolute Gasteiger partial charge is 0.393 e. The molecule has 0 spiro atoms. The Morgan fingerprint density at radius 1 is 1.38 bits per heavy atom. The maximum Gasteiger partial charge on any atom is 0.127 e. The molecule has 16 heavy (non-hydrogen) atoms. The van der Waals surface area contributed by atoms with Gasteiger partial charge in [-0.2, -0.15) is 0 Å². The lowest BCUT2D eigenvalue weighted by molar-refractivity contribution is 0.170. The van der Waals surface area contributed by atoms with Gasteiger partial charge in [0.05, 0.1) is 11.8 Å². The van der Waals surface area contributed by atoms with E-state index >= 15 is 0 Å². The van der Waals surface area contributed by atoms with Crippen LogP contribution in [-0.2, 0) is 6.42 Å². The first-order chi connectivity index (χ1) is 7.63. The molecule has 0 aliphatic heterocycles. The van der Waals surface area contributed by atoms with Crippen LogP contribution in [0.25, 0.3) is 10.2 Å². The molecule has 1 atom stereocenters. The molecule has 2 heterocycles. The quantitative estimate of drug-likeness (QED) is 0.891. The summed E-state index contributed by atoms with van der Waals surface area (Å²) in [6.07, 6.45) is 2.66. The summed E-state index contributed by atoms with van der Waals surface area (Å²) in [5.41, 5.74) is 2.22. The lowest BCUT2D eigenvalue weighted by Gasteiger charge is -2.08. The van der Waals surface area contributed by atoms with E-state index in [2.05, 4.69) is 23.8 Å². The van der Waals surface area contributed by atoms with Gasteiger partial charge in [-0.3, -0.25) is 0 Å². The van der Waals surface area contributed by atoms with Gasteiger partial charge in [0.1, 0.15) is 11.2 Å². The highest BCUT2D eigenvalue weighted by atomic mass is 32.1. The van der Waals surface area contributed by atoms with Crippen molar-refractivity contribution < 1.29 is 5.11 Å². The number of hydrogen-bond donors (Lipinski definition) is 1. The van der Waals surface area contributed by atoms with Crippen LogP contribution in [0.3, 0.4) is 0 Å². The van der Waals surface area contributed by atoms with Gasteiger partial charge in [-0.15, -0.1) is 11.3 Å². The Morgan fingerprint density at radius 3 is 2.81 bits per heavy atom. The zero-order valence-electron chi connectivity index (χ0n) is 9.82. The summed E-state index contributed by atoms with van der Waals surface area (Å²) >= 11 is 1.69. The van der Waals surface area contributed by atoms with Crippen molar-refractivity contribution in [2.75, 3.05) is 0 Å². The number of fused-ring (bicyclic) bond motifs is 1. The van der Waals surface area contributed by atoms with Crippen LogP contribution in [0.2, 0.25) is 0 Å². The van der Waals surface area contributed by atoms with Gasteiger partial charge in [-0.1, -0.05) is 6.92 Å². The molecule has 2 rings (SSSR count). The number of aliphatic hydroxyl groups excluding tert-OH is 1. The molecule has 0 saturated carbocycles. The molecule has 2 aromatic heterocycles. The third-order valence-corrected chi connectivity index (χ3v) is 4.06. The van der Waals surface area contributed by atoms with Crippen LogP contribution in [0.5, 0.6) is 0 Å². The third-order valence-electron chi connectivity index (χ3n) is 2.94. The Labute approximate surface area is 99.2 Å². The van der Waals surface area contributed by atoms with Gasteiger partial charge in [0.2, 0.25) is 0 Å². The number of aliphatic hydroxyl groups is 1. The number of rotatable bonds is 3. The Kier molecular flexibility index (Phi) is 3.21. The molecule has 1 N–H and O–H groups in total. The highest BCUT2D eigenvalue weighted by Crippen LogP contribution is 2.30. The first kappa shape index (κ1) is 11.5. The Balaban J connectivity index is 2.52. The zero-order chi connectivity index (χ0) is 11.7. The molecular formula is C12H16N2OS. The molecule has 0 aromatic carbocycles. The van der Waals surface area contributed by atoms with E-state index in [4.69, 9.17) is 0 Å². The number of thiophene rings is 1. The predicted octanol–water partition coefficient (Wildman–Crippen LogP) is 2.62. The van der Waals surface area contributed by atoms with E-state index < -0.39 is 0 Å². The van der Waals surface area contributed by atoms with Crippen molar-refractivity contribution in [1.29, 1.82) is 0 Å². The van der Waals surface area contributed by atoms with E-state index in [0.717, 1.165) is 22.3 Å². The van der Waals surface area contributed by atoms with E-state index in [9.17, 15) is 5.11 Å². The summed E-state index contributed by atoms with van der Waals surface area (Å²) in [6.45, 7) is 6.18. The molecule has 0 radical (unpaired) electrons. The minimum Gasteiger partial charge on any atom is -0.393 e. The van der Waals surface area contributed by atoms with Gasteiger partial charge in [0.15, 0.2) is 0 Å². The molecule has 0 saturated heterocycles. The van der Waals surface area contributed by atoms with Gasteiger partial charge in [-0.25, -0.2) is 9.97 Å². The van der Waals surface area contributed by atoms with Crippen molar-refractivity contribution in [3.8, 4) is 0 Å². The standard InChI is InChI=1S/C12H16N2OS/c1-4-9(15)5-10-11-7(2)8(3)16-12(11)14-6-13-10/h6,9,15H,4-5H2,1-3H3. The van der Waals surface area contributed by atoms with E-state index in [-0.39, 0.29) is 6.10 Å². The molecular weight excluding hydrogens is 220 g/mol. The van der Waals surface area contributed by atoms with E-state index in [1.54, 1.807) is 17.7 Å². The molecule has 0 fully saturated rings. The van der Waals surface area contributed by atoms with E-state index in [1.165, 1.54) is 10.4 Å². The first-order valence-corrected chi connectivity index (χ1v) is 6.32. The minimum absolute atomic E-state index is 0.308. The normalized spacial score (nSPS) is 13.2. The average molecular weight is 236 g/mol. The molecule has 86 valence electrons. The number of aromatic nitrogens is 2. The van der Waals surface area contributed by atoms with Crippen molar-refractivity contribution in [3.05, 3.63) is 22.5 Å². The van der Waals surface area contributed by atoms with Gasteiger partial charge in [0, 0.05) is 16.7 Å². The second-order valence-electron chi connectivity index (χ2n) is 4.05. The second-order valence-corrected chi connectivity index (χ2v) is 5.25. The highest BCUT2D eigenvalue weighted by molar-refractivity contribution is 7.18. The average Bonchev–Trinajstić information content (AvgIpc) is 2.56. The Hall–Kier alpha value is -1.00. The van der Waals surface area contributed by atoms with Crippen molar-refractivity contribution >= 4 is 21.6 Å². The van der Waals surface area contributed by atoms with Crippen molar-refractivity contribution in [2.45, 2.75) is 39.7 Å². The molecule has 0 aliphatic rings. The smallest absolute Gasteiger partial charge is 0.127 e. The van der Waals surface area contributed by atoms with Crippen LogP contribution in [0.4, 0.5) is 0 Å². The number of nitrogens with zero attached hydrogens (tertiary/aromatic N) is 2. The molecule has 0 amide bonds. The van der Waals surface area contributed by atoms with Crippen LogP contribution >= 0.6 is 11.3 Å². The monoisotopic (exact) mass is 236 g/mol. The number of hydrogen-bond acceptors (Lipinski definition) is 4. The summed E-state index contributed by atoms with van der Waals surface area (Å²) in [4.78, 5) is 10.9. The summed E-state index contributed by atoms with van der Waals surface area (Å²) in [5, 5.41) is 10.8. The second kappa shape index (κ2) is 4.47. The zero-order valence-corrected chi connectivity index (χ0v) is 10.6. The summed E-state index contributed by atoms with van der Waals surface area (Å²) < 4.78 is 0. The summed E-state index contributed by atoms with van der Waals surface area (Å²) in [7, 11) is 0. The highest BCUT2D eigenvalue weighted by Gasteiger charge is 2.13. The summed E-state index contributed by atoms with van der Waals surface area (Å²) in [5.74, 6) is 0. The topological polar surface area (TPSA) is 46.0 Å². The van der Waals surface area contributed by atoms with Gasteiger partial charge < -0.3 is 5.11 Å². The molecule has 3 nitrogen and oxygen atoms in total. The van der Waals surface area contributed by atoms with Gasteiger partial charge >= 0.3 is 0 Å². The van der Waals surface area contributed by atoms with Crippen LogP contribution < -0.4 is 0 Å². The van der Waals surface area contributed by atoms with Crippen molar-refractivity contribution in [2.24, 2.45) is 0 Å². The molecule has 2 aromatic rings. The molecule has 0 aliphatic carbocycles. The fraction of sp³-hybridized carbons (Fsp3) is 0.500. The lowest BCUT2D eigenvalue weighted by Crippen LogP contribution is -2.10. The third kappa shape index (κ3) is 1.95. The number of aryl methyl sites for hydroxylation is 2. The molecule has 1 unspecified atom stereocenters. The van der Waals surface area contributed by atoms with E-state index in [0.29, 0.717) is 6.42 Å². The molecule has 4 heteroatoms. The SMILES string of the molecule is CCC(O)Cc1ncnc2sc(C)c(C)c12. The van der Waals surface area contributed by atoms with Crippen LogP contribution in [0.15, 0.2) is 6.33 Å². The van der Waals surface area contributed by atoms with Crippen LogP contribution in [0, 0.1) is 13.8 Å². The maximum absolute atomic E-state index is 9.71. The fourth-order valence-electron chi connectivity index (χ4n) is 1.78. The summed E-state index contributed by atoms with van der Waals surface area (Å²) in [6, 6.07) is 0. The minimum atomic E-state index is -0.308. The van der Waals surface area contributed by atoms with Crippen molar-refractivity contribution in [1.82, 2.24) is 9.97 Å². The van der Waals surface area contributed by atoms with Gasteiger partial charge in [-0.05, 0) is 25.8 Å². The lowest BCUT2D eigenvalue weighted by atomic mass is 10.1. The predicted molar refractivity (Wildman–Crippen MR) is 66.9 cm³/mol.